The van der Waals surface area contributed by atoms with Crippen LogP contribution in [0.5, 0.6) is 0 Å². The maximum Gasteiger partial charge on any atom is 0.253 e. The third-order valence-corrected chi connectivity index (χ3v) is 8.24. The van der Waals surface area contributed by atoms with E-state index in [0.29, 0.717) is 39.8 Å². The summed E-state index contributed by atoms with van der Waals surface area (Å²) in [6.45, 7) is 6.71. The van der Waals surface area contributed by atoms with Crippen molar-refractivity contribution in [3.05, 3.63) is 98.8 Å². The summed E-state index contributed by atoms with van der Waals surface area (Å²) in [6, 6.07) is 17.6. The lowest BCUT2D eigenvalue weighted by Gasteiger charge is -2.42. The number of carbonyl (C=O) groups is 2. The zero-order valence-corrected chi connectivity index (χ0v) is 24.3. The average molecular weight is 586 g/mol. The first-order chi connectivity index (χ1) is 19.1. The number of nitrogens with two attached hydrogens (primary N) is 1. The second-order valence-corrected chi connectivity index (χ2v) is 11.2. The van der Waals surface area contributed by atoms with Crippen LogP contribution in [0.25, 0.3) is 0 Å². The minimum absolute atomic E-state index is 0.153. The molecule has 3 aromatic rings. The predicted octanol–water partition coefficient (Wildman–Crippen LogP) is 6.22. The molecule has 2 amide bonds. The lowest BCUT2D eigenvalue weighted by atomic mass is 9.99. The van der Waals surface area contributed by atoms with Crippen molar-refractivity contribution in [2.45, 2.75) is 51.7 Å². The third kappa shape index (κ3) is 7.33. The Kier molecular flexibility index (Phi) is 10.1. The number of aryl methyl sites for hydroxylation is 1. The van der Waals surface area contributed by atoms with E-state index in [-0.39, 0.29) is 23.8 Å². The molecule has 0 bridgehead atoms. The maximum absolute atomic E-state index is 14.7. The number of nitrogens with one attached hydrogen (secondary N) is 1. The van der Waals surface area contributed by atoms with Crippen molar-refractivity contribution < 1.29 is 14.0 Å². The van der Waals surface area contributed by atoms with Gasteiger partial charge in [-0.25, -0.2) is 4.39 Å². The van der Waals surface area contributed by atoms with Gasteiger partial charge in [0.15, 0.2) is 0 Å². The summed E-state index contributed by atoms with van der Waals surface area (Å²) in [5.74, 6) is -0.942. The van der Waals surface area contributed by atoms with Gasteiger partial charge in [-0.2, -0.15) is 0 Å². The molecule has 0 aromatic heterocycles. The van der Waals surface area contributed by atoms with Gasteiger partial charge in [0.25, 0.3) is 5.91 Å². The second kappa shape index (κ2) is 13.5. The summed E-state index contributed by atoms with van der Waals surface area (Å²) in [4.78, 5) is 28.9. The number of anilines is 1. The molecule has 6 nitrogen and oxygen atoms in total. The number of carbonyl (C=O) groups excluding carboxylic acids is 2. The summed E-state index contributed by atoms with van der Waals surface area (Å²) in [5.41, 5.74) is 8.65. The van der Waals surface area contributed by atoms with Crippen LogP contribution in [0, 0.1) is 12.7 Å². The number of likely N-dealkylation sites (tertiary alicyclic amines) is 1. The lowest BCUT2D eigenvalue weighted by Crippen LogP contribution is -2.48. The SMILES string of the molecule is Cc1cccc(Cl)c1C(=O)NCCC(C)N1CCC(N(Cc2cc(Cl)ccc2F)c2ccc(C(N)=O)cc2)CC1. The van der Waals surface area contributed by atoms with Gasteiger partial charge in [-0.1, -0.05) is 35.3 Å². The van der Waals surface area contributed by atoms with Crippen LogP contribution < -0.4 is 16.0 Å². The van der Waals surface area contributed by atoms with Crippen LogP contribution in [0.4, 0.5) is 10.1 Å². The van der Waals surface area contributed by atoms with E-state index in [1.54, 1.807) is 30.3 Å². The first kappa shape index (κ1) is 29.8. The lowest BCUT2D eigenvalue weighted by molar-refractivity contribution is 0.0943. The van der Waals surface area contributed by atoms with E-state index in [1.165, 1.54) is 6.07 Å². The normalized spacial score (nSPS) is 15.0. The first-order valence-corrected chi connectivity index (χ1v) is 14.3. The predicted molar refractivity (Wildman–Crippen MR) is 160 cm³/mol. The summed E-state index contributed by atoms with van der Waals surface area (Å²) >= 11 is 12.4. The Labute approximate surface area is 245 Å². The number of halogens is 3. The van der Waals surface area contributed by atoms with Gasteiger partial charge in [-0.05, 0) is 87.2 Å². The summed E-state index contributed by atoms with van der Waals surface area (Å²) in [7, 11) is 0. The highest BCUT2D eigenvalue weighted by Gasteiger charge is 2.28. The molecule has 1 aliphatic rings. The highest BCUT2D eigenvalue weighted by Crippen LogP contribution is 2.29. The standard InChI is InChI=1S/C31H35Cl2FN4O2/c1-20-4-3-5-27(33)29(20)31(40)36-15-12-21(2)37-16-13-26(14-17-37)38(19-23-18-24(32)8-11-28(23)34)25-9-6-22(7-10-25)30(35)39/h3-11,18,21,26H,12-17,19H2,1-2H3,(H2,35,39)(H,36,40). The summed E-state index contributed by atoms with van der Waals surface area (Å²) < 4.78 is 14.7. The topological polar surface area (TPSA) is 78.7 Å². The van der Waals surface area contributed by atoms with Crippen LogP contribution in [0.2, 0.25) is 10.0 Å². The minimum Gasteiger partial charge on any atom is -0.366 e. The van der Waals surface area contributed by atoms with Gasteiger partial charge in [0, 0.05) is 60.1 Å². The Hall–Kier alpha value is -3.13. The van der Waals surface area contributed by atoms with E-state index in [0.717, 1.165) is 43.6 Å². The molecule has 212 valence electrons. The van der Waals surface area contributed by atoms with E-state index in [2.05, 4.69) is 22.0 Å². The summed E-state index contributed by atoms with van der Waals surface area (Å²) in [5, 5.41) is 3.96. The van der Waals surface area contributed by atoms with Crippen molar-refractivity contribution in [3.63, 3.8) is 0 Å². The molecular weight excluding hydrogens is 550 g/mol. The number of piperidine rings is 1. The third-order valence-electron chi connectivity index (χ3n) is 7.69. The number of hydrogen-bond donors (Lipinski definition) is 2. The van der Waals surface area contributed by atoms with Crippen LogP contribution in [-0.4, -0.2) is 48.4 Å². The first-order valence-electron chi connectivity index (χ1n) is 13.5. The molecule has 1 unspecified atom stereocenters. The largest absolute Gasteiger partial charge is 0.366 e. The fourth-order valence-corrected chi connectivity index (χ4v) is 5.82. The van der Waals surface area contributed by atoms with Crippen LogP contribution in [-0.2, 0) is 6.54 Å². The van der Waals surface area contributed by atoms with E-state index in [1.807, 2.05) is 31.2 Å². The van der Waals surface area contributed by atoms with Crippen LogP contribution in [0.1, 0.15) is 58.0 Å². The molecule has 0 radical (unpaired) electrons. The Morgan fingerprint density at radius 2 is 1.80 bits per heavy atom. The van der Waals surface area contributed by atoms with E-state index >= 15 is 0 Å². The van der Waals surface area contributed by atoms with Crippen molar-refractivity contribution in [1.29, 1.82) is 0 Å². The maximum atomic E-state index is 14.7. The van der Waals surface area contributed by atoms with Gasteiger partial charge in [-0.15, -0.1) is 0 Å². The number of benzene rings is 3. The fourth-order valence-electron chi connectivity index (χ4n) is 5.32. The van der Waals surface area contributed by atoms with E-state index < -0.39 is 5.91 Å². The van der Waals surface area contributed by atoms with Crippen molar-refractivity contribution in [1.82, 2.24) is 10.2 Å². The number of hydrogen-bond acceptors (Lipinski definition) is 4. The highest BCUT2D eigenvalue weighted by atomic mass is 35.5. The number of amides is 2. The Bertz CT molecular complexity index is 1320. The molecular formula is C31H35Cl2FN4O2. The fraction of sp³-hybridized carbons (Fsp3) is 0.355. The number of nitrogens with zero attached hydrogens (tertiary/aromatic N) is 2. The monoisotopic (exact) mass is 584 g/mol. The van der Waals surface area contributed by atoms with Crippen LogP contribution in [0.15, 0.2) is 60.7 Å². The molecule has 1 atom stereocenters. The Morgan fingerprint density at radius 1 is 1.10 bits per heavy atom. The number of rotatable bonds is 10. The molecule has 1 fully saturated rings. The average Bonchev–Trinajstić information content (AvgIpc) is 2.93. The van der Waals surface area contributed by atoms with E-state index in [9.17, 15) is 14.0 Å². The van der Waals surface area contributed by atoms with Crippen LogP contribution >= 0.6 is 23.2 Å². The number of primary amides is 1. The Morgan fingerprint density at radius 3 is 2.45 bits per heavy atom. The molecule has 1 aliphatic heterocycles. The van der Waals surface area contributed by atoms with Gasteiger partial charge >= 0.3 is 0 Å². The molecule has 4 rings (SSSR count). The smallest absolute Gasteiger partial charge is 0.253 e. The molecule has 0 aliphatic carbocycles. The van der Waals surface area contributed by atoms with Crippen molar-refractivity contribution in [3.8, 4) is 0 Å². The molecule has 40 heavy (non-hydrogen) atoms. The molecule has 3 aromatic carbocycles. The molecule has 9 heteroatoms. The van der Waals surface area contributed by atoms with Gasteiger partial charge in [0.1, 0.15) is 5.82 Å². The zero-order chi connectivity index (χ0) is 28.8. The van der Waals surface area contributed by atoms with Gasteiger partial charge in [0.2, 0.25) is 5.91 Å². The molecule has 3 N–H and O–H groups in total. The molecule has 0 spiro atoms. The van der Waals surface area contributed by atoms with Crippen molar-refractivity contribution in [2.24, 2.45) is 5.73 Å². The van der Waals surface area contributed by atoms with Gasteiger partial charge in [-0.3, -0.25) is 9.59 Å². The van der Waals surface area contributed by atoms with Crippen LogP contribution in [0.3, 0.4) is 0 Å². The molecule has 1 saturated heterocycles. The quantitative estimate of drug-likeness (QED) is 0.296. The minimum atomic E-state index is -0.487. The summed E-state index contributed by atoms with van der Waals surface area (Å²) in [6.07, 6.45) is 2.58. The zero-order valence-electron chi connectivity index (χ0n) is 22.8. The van der Waals surface area contributed by atoms with Crippen molar-refractivity contribution >= 4 is 40.7 Å². The van der Waals surface area contributed by atoms with Gasteiger partial charge < -0.3 is 20.9 Å². The Balaban J connectivity index is 1.38. The second-order valence-electron chi connectivity index (χ2n) is 10.4. The molecule has 1 heterocycles. The van der Waals surface area contributed by atoms with E-state index in [4.69, 9.17) is 28.9 Å². The van der Waals surface area contributed by atoms with Gasteiger partial charge in [0.05, 0.1) is 10.6 Å². The van der Waals surface area contributed by atoms with Crippen molar-refractivity contribution in [2.75, 3.05) is 24.5 Å². The molecule has 0 saturated carbocycles. The highest BCUT2D eigenvalue weighted by molar-refractivity contribution is 6.34.